The lowest BCUT2D eigenvalue weighted by atomic mass is 9.92. The van der Waals surface area contributed by atoms with Gasteiger partial charge >= 0.3 is 6.09 Å². The molecule has 1 heterocycles. The van der Waals surface area contributed by atoms with E-state index in [-0.39, 0.29) is 23.3 Å². The van der Waals surface area contributed by atoms with Crippen LogP contribution in [0.2, 0.25) is 0 Å². The molecule has 5 heteroatoms. The molecular formula is C13H22N2O3. The van der Waals surface area contributed by atoms with Crippen molar-refractivity contribution in [3.8, 4) is 0 Å². The Labute approximate surface area is 108 Å². The zero-order chi connectivity index (χ0) is 13.6. The topological polar surface area (TPSA) is 72.6 Å². The minimum Gasteiger partial charge on any atom is -0.444 e. The highest BCUT2D eigenvalue weighted by Crippen LogP contribution is 2.57. The van der Waals surface area contributed by atoms with Crippen molar-refractivity contribution in [3.63, 3.8) is 0 Å². The summed E-state index contributed by atoms with van der Waals surface area (Å²) in [6.45, 7) is 6.88. The Balaban J connectivity index is 1.96. The predicted octanol–water partition coefficient (Wildman–Crippen LogP) is 1.51. The molecule has 1 saturated carbocycles. The Hall–Kier alpha value is -1.26. The maximum atomic E-state index is 12.0. The molecule has 1 aliphatic carbocycles. The molecule has 0 radical (unpaired) electrons. The first-order valence-corrected chi connectivity index (χ1v) is 6.51. The summed E-state index contributed by atoms with van der Waals surface area (Å²) in [4.78, 5) is 24.9. The summed E-state index contributed by atoms with van der Waals surface area (Å²) in [5, 5.41) is 0. The van der Waals surface area contributed by atoms with Crippen LogP contribution in [0.1, 0.15) is 40.0 Å². The van der Waals surface area contributed by atoms with Crippen LogP contribution in [-0.2, 0) is 9.53 Å². The fraction of sp³-hybridized carbons (Fsp3) is 0.846. The summed E-state index contributed by atoms with van der Waals surface area (Å²) >= 11 is 0. The molecular weight excluding hydrogens is 232 g/mol. The van der Waals surface area contributed by atoms with Crippen LogP contribution in [0.15, 0.2) is 0 Å². The fourth-order valence-electron chi connectivity index (χ4n) is 2.84. The minimum absolute atomic E-state index is 0.0530. The molecule has 1 spiro atoms. The Morgan fingerprint density at radius 2 is 2.06 bits per heavy atom. The number of primary amides is 1. The predicted molar refractivity (Wildman–Crippen MR) is 66.8 cm³/mol. The van der Waals surface area contributed by atoms with Crippen LogP contribution >= 0.6 is 0 Å². The van der Waals surface area contributed by atoms with Crippen molar-refractivity contribution >= 4 is 12.0 Å². The van der Waals surface area contributed by atoms with Crippen LogP contribution in [-0.4, -0.2) is 35.6 Å². The number of nitrogens with zero attached hydrogens (tertiary/aromatic N) is 1. The van der Waals surface area contributed by atoms with E-state index in [1.807, 2.05) is 20.8 Å². The Bertz CT molecular complexity index is 375. The number of hydrogen-bond donors (Lipinski definition) is 1. The first-order chi connectivity index (χ1) is 8.23. The average molecular weight is 254 g/mol. The van der Waals surface area contributed by atoms with Gasteiger partial charge in [0.25, 0.3) is 0 Å². The second-order valence-electron chi connectivity index (χ2n) is 6.53. The van der Waals surface area contributed by atoms with Crippen LogP contribution in [0.5, 0.6) is 0 Å². The van der Waals surface area contributed by atoms with Gasteiger partial charge in [-0.15, -0.1) is 0 Å². The van der Waals surface area contributed by atoms with Gasteiger partial charge in [0.15, 0.2) is 0 Å². The summed E-state index contributed by atoms with van der Waals surface area (Å²) in [5.41, 5.74) is 4.82. The molecule has 2 atom stereocenters. The third kappa shape index (κ3) is 2.60. The zero-order valence-corrected chi connectivity index (χ0v) is 11.4. The molecule has 0 aromatic carbocycles. The molecule has 0 aromatic rings. The summed E-state index contributed by atoms with van der Waals surface area (Å²) in [5.74, 6) is -0.288. The summed E-state index contributed by atoms with van der Waals surface area (Å²) in [6, 6.07) is 0. The van der Waals surface area contributed by atoms with Crippen molar-refractivity contribution in [1.82, 2.24) is 4.90 Å². The van der Waals surface area contributed by atoms with Gasteiger partial charge in [-0.2, -0.15) is 0 Å². The normalized spacial score (nSPS) is 31.3. The van der Waals surface area contributed by atoms with E-state index >= 15 is 0 Å². The Morgan fingerprint density at radius 1 is 1.39 bits per heavy atom. The highest BCUT2D eigenvalue weighted by molar-refractivity contribution is 5.81. The average Bonchev–Trinajstić information content (AvgIpc) is 2.90. The second kappa shape index (κ2) is 4.14. The van der Waals surface area contributed by atoms with Crippen molar-refractivity contribution in [2.24, 2.45) is 17.1 Å². The first kappa shape index (κ1) is 13.2. The van der Waals surface area contributed by atoms with Gasteiger partial charge in [0, 0.05) is 24.4 Å². The smallest absolute Gasteiger partial charge is 0.410 e. The van der Waals surface area contributed by atoms with Gasteiger partial charge in [0.1, 0.15) is 5.60 Å². The van der Waals surface area contributed by atoms with Crippen LogP contribution in [0.25, 0.3) is 0 Å². The highest BCUT2D eigenvalue weighted by atomic mass is 16.6. The van der Waals surface area contributed by atoms with E-state index in [1.54, 1.807) is 4.90 Å². The first-order valence-electron chi connectivity index (χ1n) is 6.51. The zero-order valence-electron chi connectivity index (χ0n) is 11.4. The van der Waals surface area contributed by atoms with Gasteiger partial charge in [-0.25, -0.2) is 4.79 Å². The quantitative estimate of drug-likeness (QED) is 0.771. The lowest BCUT2D eigenvalue weighted by Gasteiger charge is -2.34. The van der Waals surface area contributed by atoms with Crippen molar-refractivity contribution in [1.29, 1.82) is 0 Å². The number of likely N-dealkylation sites (tertiary alicyclic amines) is 1. The number of ether oxygens (including phenoxy) is 1. The molecule has 2 fully saturated rings. The van der Waals surface area contributed by atoms with E-state index in [9.17, 15) is 9.59 Å². The molecule has 1 aliphatic heterocycles. The molecule has 2 aliphatic rings. The molecule has 18 heavy (non-hydrogen) atoms. The lowest BCUT2D eigenvalue weighted by molar-refractivity contribution is -0.120. The van der Waals surface area contributed by atoms with Crippen molar-refractivity contribution < 1.29 is 14.3 Å². The molecule has 1 saturated heterocycles. The van der Waals surface area contributed by atoms with Crippen LogP contribution < -0.4 is 5.73 Å². The Morgan fingerprint density at radius 3 is 2.56 bits per heavy atom. The summed E-state index contributed by atoms with van der Waals surface area (Å²) < 4.78 is 5.36. The van der Waals surface area contributed by atoms with Gasteiger partial charge in [0.05, 0.1) is 0 Å². The SMILES string of the molecule is CC(C)(C)OC(=O)N1CCCC2(CC2C(N)=O)C1. The molecule has 2 rings (SSSR count). The summed E-state index contributed by atoms with van der Waals surface area (Å²) in [6.07, 6.45) is 2.45. The number of hydrogen-bond acceptors (Lipinski definition) is 3. The Kier molecular flexibility index (Phi) is 3.03. The van der Waals surface area contributed by atoms with Gasteiger partial charge in [-0.3, -0.25) is 4.79 Å². The summed E-state index contributed by atoms with van der Waals surface area (Å²) in [7, 11) is 0. The van der Waals surface area contributed by atoms with E-state index in [2.05, 4.69) is 0 Å². The van der Waals surface area contributed by atoms with Gasteiger partial charge in [-0.05, 0) is 40.0 Å². The molecule has 2 N–H and O–H groups in total. The van der Waals surface area contributed by atoms with E-state index in [0.29, 0.717) is 13.1 Å². The number of carbonyl (C=O) groups is 2. The van der Waals surface area contributed by atoms with Crippen molar-refractivity contribution in [2.45, 2.75) is 45.6 Å². The molecule has 2 amide bonds. The fourth-order valence-corrected chi connectivity index (χ4v) is 2.84. The van der Waals surface area contributed by atoms with Crippen molar-refractivity contribution in [3.05, 3.63) is 0 Å². The minimum atomic E-state index is -0.478. The molecule has 0 bridgehead atoms. The highest BCUT2D eigenvalue weighted by Gasteiger charge is 2.59. The second-order valence-corrected chi connectivity index (χ2v) is 6.53. The molecule has 0 aromatic heterocycles. The maximum Gasteiger partial charge on any atom is 0.410 e. The van der Waals surface area contributed by atoms with Crippen LogP contribution in [0.3, 0.4) is 0 Å². The number of piperidine rings is 1. The van der Waals surface area contributed by atoms with Gasteiger partial charge in [-0.1, -0.05) is 0 Å². The molecule has 102 valence electrons. The number of amides is 2. The van der Waals surface area contributed by atoms with E-state index < -0.39 is 5.60 Å². The van der Waals surface area contributed by atoms with Gasteiger partial charge in [0.2, 0.25) is 5.91 Å². The van der Waals surface area contributed by atoms with Crippen molar-refractivity contribution in [2.75, 3.05) is 13.1 Å². The lowest BCUT2D eigenvalue weighted by Crippen LogP contribution is -2.44. The standard InChI is InChI=1S/C13H22N2O3/c1-12(2,3)18-11(17)15-6-4-5-13(8-15)7-9(13)10(14)16/h9H,4-8H2,1-3H3,(H2,14,16). The van der Waals surface area contributed by atoms with Crippen LogP contribution in [0.4, 0.5) is 4.79 Å². The third-order valence-electron chi connectivity index (χ3n) is 3.79. The van der Waals surface area contributed by atoms with Gasteiger partial charge < -0.3 is 15.4 Å². The molecule has 5 nitrogen and oxygen atoms in total. The molecule has 2 unspecified atom stereocenters. The number of nitrogens with two attached hydrogens (primary N) is 1. The van der Waals surface area contributed by atoms with E-state index in [1.165, 1.54) is 0 Å². The van der Waals surface area contributed by atoms with E-state index in [4.69, 9.17) is 10.5 Å². The maximum absolute atomic E-state index is 12.0. The van der Waals surface area contributed by atoms with E-state index in [0.717, 1.165) is 19.3 Å². The number of carbonyl (C=O) groups excluding carboxylic acids is 2. The van der Waals surface area contributed by atoms with Crippen LogP contribution in [0, 0.1) is 11.3 Å². The largest absolute Gasteiger partial charge is 0.444 e. The number of rotatable bonds is 1. The third-order valence-corrected chi connectivity index (χ3v) is 3.79. The monoisotopic (exact) mass is 254 g/mol.